The molecule has 0 aromatic heterocycles. The molecule has 2 aromatic rings. The van der Waals surface area contributed by atoms with Crippen molar-refractivity contribution in [2.24, 2.45) is 0 Å². The van der Waals surface area contributed by atoms with Crippen molar-refractivity contribution < 1.29 is 19.4 Å². The first kappa shape index (κ1) is 14.7. The molecule has 2 aromatic carbocycles. The Balaban J connectivity index is 2.19. The summed E-state index contributed by atoms with van der Waals surface area (Å²) in [5.41, 5.74) is 1.07. The molecule has 0 saturated carbocycles. The summed E-state index contributed by atoms with van der Waals surface area (Å²) in [6, 6.07) is 12.1. The fourth-order valence-electron chi connectivity index (χ4n) is 1.86. The molecule has 108 valence electrons. The smallest absolute Gasteiger partial charge is 0.189 e. The Morgan fingerprint density at radius 2 is 1.76 bits per heavy atom. The number of methoxy groups -OCH3 is 2. The van der Waals surface area contributed by atoms with Crippen molar-refractivity contribution in [2.75, 3.05) is 14.2 Å². The second-order valence-corrected chi connectivity index (χ2v) is 4.33. The summed E-state index contributed by atoms with van der Waals surface area (Å²) in [5.74, 6) is 0.592. The van der Waals surface area contributed by atoms with E-state index in [-0.39, 0.29) is 22.8 Å². The molecule has 4 heteroatoms. The molecule has 0 amide bonds. The molecular formula is C17H16O4. The van der Waals surface area contributed by atoms with Gasteiger partial charge in [0.2, 0.25) is 0 Å². The van der Waals surface area contributed by atoms with Crippen LogP contribution in [0.2, 0.25) is 0 Å². The molecule has 21 heavy (non-hydrogen) atoms. The second kappa shape index (κ2) is 6.61. The van der Waals surface area contributed by atoms with E-state index in [1.807, 2.05) is 24.3 Å². The van der Waals surface area contributed by atoms with E-state index in [0.29, 0.717) is 0 Å². The number of carbonyl (C=O) groups is 1. The molecule has 0 atom stereocenters. The molecule has 4 nitrogen and oxygen atoms in total. The number of ketones is 1. The van der Waals surface area contributed by atoms with Gasteiger partial charge in [0.25, 0.3) is 0 Å². The van der Waals surface area contributed by atoms with Gasteiger partial charge in [0.05, 0.1) is 19.8 Å². The van der Waals surface area contributed by atoms with Crippen LogP contribution in [0.1, 0.15) is 15.9 Å². The van der Waals surface area contributed by atoms with E-state index in [9.17, 15) is 9.90 Å². The second-order valence-electron chi connectivity index (χ2n) is 4.33. The maximum atomic E-state index is 12.1. The minimum absolute atomic E-state index is 0.149. The Bertz CT molecular complexity index is 657. The minimum Gasteiger partial charge on any atom is -0.504 e. The quantitative estimate of drug-likeness (QED) is 0.676. The number of phenols is 1. The van der Waals surface area contributed by atoms with Gasteiger partial charge in [-0.2, -0.15) is 0 Å². The van der Waals surface area contributed by atoms with Crippen LogP contribution in [0, 0.1) is 0 Å². The lowest BCUT2D eigenvalue weighted by molar-refractivity contribution is 0.104. The molecule has 1 N–H and O–H groups in total. The van der Waals surface area contributed by atoms with Crippen LogP contribution in [0.4, 0.5) is 0 Å². The third kappa shape index (κ3) is 3.42. The molecule has 0 aliphatic rings. The minimum atomic E-state index is -0.290. The highest BCUT2D eigenvalue weighted by Gasteiger charge is 2.12. The van der Waals surface area contributed by atoms with Crippen molar-refractivity contribution in [3.05, 3.63) is 59.7 Å². The number of para-hydroxylation sites is 1. The van der Waals surface area contributed by atoms with Crippen LogP contribution in [0.15, 0.2) is 48.5 Å². The van der Waals surface area contributed by atoms with Crippen LogP contribution in [0.3, 0.4) is 0 Å². The first-order chi connectivity index (χ1) is 10.2. The highest BCUT2D eigenvalue weighted by molar-refractivity contribution is 6.09. The Morgan fingerprint density at radius 1 is 1.05 bits per heavy atom. The van der Waals surface area contributed by atoms with E-state index >= 15 is 0 Å². The molecule has 0 bridgehead atoms. The molecule has 0 saturated heterocycles. The molecule has 0 aliphatic carbocycles. The summed E-state index contributed by atoms with van der Waals surface area (Å²) in [5, 5.41) is 9.93. The predicted octanol–water partition coefficient (Wildman–Crippen LogP) is 3.31. The number of phenolic OH excluding ortho intramolecular Hbond substituents is 1. The maximum Gasteiger partial charge on any atom is 0.189 e. The van der Waals surface area contributed by atoms with Gasteiger partial charge in [-0.3, -0.25) is 4.79 Å². The number of aromatic hydroxyl groups is 1. The molecule has 2 rings (SSSR count). The summed E-state index contributed by atoms with van der Waals surface area (Å²) in [6.07, 6.45) is 3.09. The monoisotopic (exact) mass is 284 g/mol. The van der Waals surface area contributed by atoms with Crippen molar-refractivity contribution in [1.29, 1.82) is 0 Å². The lowest BCUT2D eigenvalue weighted by atomic mass is 10.1. The Kier molecular flexibility index (Phi) is 4.61. The van der Waals surface area contributed by atoms with Gasteiger partial charge in [-0.1, -0.05) is 24.3 Å². The third-order valence-corrected chi connectivity index (χ3v) is 3.03. The standard InChI is InChI=1S/C17H16O4/c1-20-13-9-6-12(7-10-13)8-11-15(18)14-4-3-5-16(21-2)17(14)19/h3-11,19H,1-2H3/b11-8+. The van der Waals surface area contributed by atoms with Crippen LogP contribution in [0.25, 0.3) is 6.08 Å². The van der Waals surface area contributed by atoms with Gasteiger partial charge in [-0.15, -0.1) is 0 Å². The fourth-order valence-corrected chi connectivity index (χ4v) is 1.86. The zero-order chi connectivity index (χ0) is 15.2. The van der Waals surface area contributed by atoms with Crippen molar-refractivity contribution >= 4 is 11.9 Å². The summed E-state index contributed by atoms with van der Waals surface area (Å²) < 4.78 is 10.1. The number of hydrogen-bond donors (Lipinski definition) is 1. The van der Waals surface area contributed by atoms with Crippen LogP contribution in [0.5, 0.6) is 17.2 Å². The van der Waals surface area contributed by atoms with Gasteiger partial charge in [0, 0.05) is 0 Å². The number of rotatable bonds is 5. The van der Waals surface area contributed by atoms with Gasteiger partial charge < -0.3 is 14.6 Å². The zero-order valence-electron chi connectivity index (χ0n) is 11.9. The molecular weight excluding hydrogens is 268 g/mol. The molecule has 0 fully saturated rings. The summed E-state index contributed by atoms with van der Waals surface area (Å²) in [4.78, 5) is 12.1. The topological polar surface area (TPSA) is 55.8 Å². The number of hydrogen-bond acceptors (Lipinski definition) is 4. The zero-order valence-corrected chi connectivity index (χ0v) is 11.9. The van der Waals surface area contributed by atoms with Crippen molar-refractivity contribution in [2.45, 2.75) is 0 Å². The van der Waals surface area contributed by atoms with Gasteiger partial charge in [0.1, 0.15) is 5.75 Å². The average molecular weight is 284 g/mol. The molecule has 0 unspecified atom stereocenters. The van der Waals surface area contributed by atoms with E-state index < -0.39 is 0 Å². The lowest BCUT2D eigenvalue weighted by Gasteiger charge is -2.06. The van der Waals surface area contributed by atoms with E-state index in [2.05, 4.69) is 0 Å². The van der Waals surface area contributed by atoms with E-state index in [1.165, 1.54) is 13.2 Å². The van der Waals surface area contributed by atoms with E-state index in [1.54, 1.807) is 31.4 Å². The normalized spacial score (nSPS) is 10.6. The Labute approximate surface area is 123 Å². The van der Waals surface area contributed by atoms with Gasteiger partial charge in [-0.25, -0.2) is 0 Å². The highest BCUT2D eigenvalue weighted by atomic mass is 16.5. The van der Waals surface area contributed by atoms with Crippen LogP contribution >= 0.6 is 0 Å². The first-order valence-corrected chi connectivity index (χ1v) is 6.38. The molecule has 0 radical (unpaired) electrons. The summed E-state index contributed by atoms with van der Waals surface area (Å²) in [7, 11) is 3.04. The van der Waals surface area contributed by atoms with Gasteiger partial charge in [0.15, 0.2) is 17.3 Å². The fraction of sp³-hybridized carbons (Fsp3) is 0.118. The van der Waals surface area contributed by atoms with Gasteiger partial charge in [-0.05, 0) is 35.9 Å². The largest absolute Gasteiger partial charge is 0.504 e. The maximum absolute atomic E-state index is 12.1. The molecule has 0 spiro atoms. The summed E-state index contributed by atoms with van der Waals surface area (Å²) in [6.45, 7) is 0. The Morgan fingerprint density at radius 3 is 2.38 bits per heavy atom. The van der Waals surface area contributed by atoms with Crippen LogP contribution in [-0.2, 0) is 0 Å². The SMILES string of the molecule is COc1ccc(/C=C/C(=O)c2cccc(OC)c2O)cc1. The summed E-state index contributed by atoms with van der Waals surface area (Å²) >= 11 is 0. The number of carbonyl (C=O) groups excluding carboxylic acids is 1. The number of benzene rings is 2. The molecule has 0 aliphatic heterocycles. The van der Waals surface area contributed by atoms with Crippen molar-refractivity contribution in [3.63, 3.8) is 0 Å². The van der Waals surface area contributed by atoms with Crippen molar-refractivity contribution in [3.8, 4) is 17.2 Å². The highest BCUT2D eigenvalue weighted by Crippen LogP contribution is 2.29. The van der Waals surface area contributed by atoms with E-state index in [4.69, 9.17) is 9.47 Å². The van der Waals surface area contributed by atoms with Gasteiger partial charge >= 0.3 is 0 Å². The number of allylic oxidation sites excluding steroid dienone is 1. The first-order valence-electron chi connectivity index (χ1n) is 6.38. The van der Waals surface area contributed by atoms with Crippen molar-refractivity contribution in [1.82, 2.24) is 0 Å². The molecule has 0 heterocycles. The van der Waals surface area contributed by atoms with Crippen LogP contribution in [-0.4, -0.2) is 25.1 Å². The van der Waals surface area contributed by atoms with Crippen LogP contribution < -0.4 is 9.47 Å². The Hall–Kier alpha value is -2.75. The number of ether oxygens (including phenoxy) is 2. The average Bonchev–Trinajstić information content (AvgIpc) is 2.53. The third-order valence-electron chi connectivity index (χ3n) is 3.03. The van der Waals surface area contributed by atoms with E-state index in [0.717, 1.165) is 11.3 Å². The lowest BCUT2D eigenvalue weighted by Crippen LogP contribution is -1.96. The predicted molar refractivity (Wildman–Crippen MR) is 81.0 cm³/mol.